The quantitative estimate of drug-likeness (QED) is 0.658. The van der Waals surface area contributed by atoms with Crippen LogP contribution in [0.2, 0.25) is 0 Å². The van der Waals surface area contributed by atoms with E-state index in [1.54, 1.807) is 14.2 Å². The zero-order valence-corrected chi connectivity index (χ0v) is 10.9. The van der Waals surface area contributed by atoms with Gasteiger partial charge in [0, 0.05) is 14.2 Å². The van der Waals surface area contributed by atoms with Crippen LogP contribution in [0.25, 0.3) is 0 Å². The van der Waals surface area contributed by atoms with E-state index in [1.165, 1.54) is 12.8 Å². The molecule has 0 radical (unpaired) electrons. The van der Waals surface area contributed by atoms with E-state index in [4.69, 9.17) is 13.6 Å². The molecule has 1 rings (SSSR count). The van der Waals surface area contributed by atoms with Crippen LogP contribution in [0.15, 0.2) is 0 Å². The van der Waals surface area contributed by atoms with E-state index in [2.05, 4.69) is 13.8 Å². The van der Waals surface area contributed by atoms with E-state index in [0.717, 1.165) is 12.8 Å². The summed E-state index contributed by atoms with van der Waals surface area (Å²) in [4.78, 5) is 0. The molecule has 0 bridgehead atoms. The van der Waals surface area contributed by atoms with Gasteiger partial charge < -0.3 is 13.6 Å². The Bertz CT molecular complexity index is 163. The van der Waals surface area contributed by atoms with Crippen molar-refractivity contribution < 1.29 is 13.6 Å². The monoisotopic (exact) mass is 218 g/mol. The van der Waals surface area contributed by atoms with Crippen molar-refractivity contribution in [2.75, 3.05) is 14.2 Å². The first-order valence-corrected chi connectivity index (χ1v) is 6.90. The normalized spacial score (nSPS) is 21.0. The van der Waals surface area contributed by atoms with Gasteiger partial charge in [0.25, 0.3) is 0 Å². The number of hydrogen-bond donors (Lipinski definition) is 0. The largest absolute Gasteiger partial charge is 0.398 e. The van der Waals surface area contributed by atoms with Crippen LogP contribution in [0, 0.1) is 0 Å². The molecule has 14 heavy (non-hydrogen) atoms. The summed E-state index contributed by atoms with van der Waals surface area (Å²) in [5.74, 6) is 0. The van der Waals surface area contributed by atoms with E-state index < -0.39 is 9.28 Å². The highest BCUT2D eigenvalue weighted by atomic mass is 28.3. The van der Waals surface area contributed by atoms with Crippen LogP contribution in [0.4, 0.5) is 0 Å². The first kappa shape index (κ1) is 12.2. The van der Waals surface area contributed by atoms with Gasteiger partial charge in [-0.3, -0.25) is 0 Å². The van der Waals surface area contributed by atoms with Gasteiger partial charge in [0.1, 0.15) is 5.22 Å². The molecule has 0 heterocycles. The third-order valence-electron chi connectivity index (χ3n) is 2.78. The smallest absolute Gasteiger partial charge is 0.354 e. The maximum absolute atomic E-state index is 6.05. The molecule has 0 saturated heterocycles. The van der Waals surface area contributed by atoms with Crippen molar-refractivity contribution in [1.82, 2.24) is 0 Å². The van der Waals surface area contributed by atoms with E-state index in [-0.39, 0.29) is 11.3 Å². The van der Waals surface area contributed by atoms with Crippen molar-refractivity contribution in [2.45, 2.75) is 50.9 Å². The van der Waals surface area contributed by atoms with Gasteiger partial charge in [-0.1, -0.05) is 12.8 Å². The number of rotatable bonds is 5. The van der Waals surface area contributed by atoms with Crippen molar-refractivity contribution in [3.05, 3.63) is 0 Å². The summed E-state index contributed by atoms with van der Waals surface area (Å²) >= 11 is 0. The van der Waals surface area contributed by atoms with E-state index in [9.17, 15) is 0 Å². The predicted octanol–water partition coefficient (Wildman–Crippen LogP) is 1.78. The van der Waals surface area contributed by atoms with E-state index in [0.29, 0.717) is 0 Å². The molecule has 1 aliphatic carbocycles. The van der Waals surface area contributed by atoms with Gasteiger partial charge in [-0.05, 0) is 26.7 Å². The molecule has 0 aliphatic heterocycles. The van der Waals surface area contributed by atoms with Crippen molar-refractivity contribution in [3.8, 4) is 0 Å². The van der Waals surface area contributed by atoms with Gasteiger partial charge in [0.05, 0.1) is 6.10 Å². The molecule has 0 amide bonds. The molecule has 1 aliphatic rings. The van der Waals surface area contributed by atoms with Crippen LogP contribution in [0.5, 0.6) is 0 Å². The fourth-order valence-corrected chi connectivity index (χ4v) is 4.69. The van der Waals surface area contributed by atoms with Crippen LogP contribution >= 0.6 is 0 Å². The van der Waals surface area contributed by atoms with Crippen molar-refractivity contribution in [1.29, 1.82) is 0 Å². The second-order valence-corrected chi connectivity index (χ2v) is 6.90. The van der Waals surface area contributed by atoms with Crippen molar-refractivity contribution in [2.24, 2.45) is 0 Å². The van der Waals surface area contributed by atoms with Gasteiger partial charge in [0.2, 0.25) is 0 Å². The molecule has 84 valence electrons. The minimum Gasteiger partial charge on any atom is -0.398 e. The predicted molar refractivity (Wildman–Crippen MR) is 58.6 cm³/mol. The van der Waals surface area contributed by atoms with Crippen molar-refractivity contribution in [3.63, 3.8) is 0 Å². The summed E-state index contributed by atoms with van der Waals surface area (Å²) in [5.41, 5.74) is 0. The summed E-state index contributed by atoms with van der Waals surface area (Å²) in [6.07, 6.45) is 4.94. The van der Waals surface area contributed by atoms with Gasteiger partial charge in [-0.25, -0.2) is 0 Å². The summed E-state index contributed by atoms with van der Waals surface area (Å²) in [5, 5.41) is -0.0718. The lowest BCUT2D eigenvalue weighted by Gasteiger charge is -2.35. The second-order valence-electron chi connectivity index (χ2n) is 4.24. The summed E-state index contributed by atoms with van der Waals surface area (Å²) < 4.78 is 17.0. The van der Waals surface area contributed by atoms with Gasteiger partial charge in [0.15, 0.2) is 0 Å². The van der Waals surface area contributed by atoms with E-state index in [1.807, 2.05) is 0 Å². The lowest BCUT2D eigenvalue weighted by molar-refractivity contribution is -0.0461. The Kier molecular flexibility index (Phi) is 4.57. The van der Waals surface area contributed by atoms with Crippen LogP contribution in [-0.4, -0.2) is 34.8 Å². The molecule has 0 aromatic heterocycles. The summed E-state index contributed by atoms with van der Waals surface area (Å²) in [7, 11) is 1.82. The molecule has 3 nitrogen and oxygen atoms in total. The topological polar surface area (TPSA) is 27.7 Å². The number of ether oxygens (including phenoxy) is 1. The molecule has 0 spiro atoms. The Morgan fingerprint density at radius 2 is 1.57 bits per heavy atom. The molecule has 0 aromatic rings. The molecule has 1 fully saturated rings. The Balaban J connectivity index is 2.69. The Labute approximate surface area is 88.6 Å². The maximum Gasteiger partial charge on any atom is 0.354 e. The molecule has 4 heteroatoms. The van der Waals surface area contributed by atoms with Gasteiger partial charge in [-0.2, -0.15) is 0 Å². The molecular weight excluding hydrogens is 196 g/mol. The zero-order valence-electron chi connectivity index (χ0n) is 9.71. The van der Waals surface area contributed by atoms with E-state index >= 15 is 0 Å². The molecule has 0 N–H and O–H groups in total. The molecule has 0 unspecified atom stereocenters. The minimum absolute atomic E-state index is 0.0718. The summed E-state index contributed by atoms with van der Waals surface area (Å²) in [6.45, 7) is 4.16. The average Bonchev–Trinajstić information content (AvgIpc) is 2.55. The molecule has 1 saturated carbocycles. The van der Waals surface area contributed by atoms with Crippen LogP contribution in [0.1, 0.15) is 39.5 Å². The highest BCUT2D eigenvalue weighted by Gasteiger charge is 2.46. The lowest BCUT2D eigenvalue weighted by Crippen LogP contribution is -2.50. The lowest BCUT2D eigenvalue weighted by atomic mass is 10.3. The third-order valence-corrected chi connectivity index (χ3v) is 5.21. The second kappa shape index (κ2) is 5.26. The fraction of sp³-hybridized carbons (Fsp3) is 1.00. The standard InChI is InChI=1S/C10H22O3Si/c1-9(2)13-10(7-5-6-8-10)14(11-3)12-4/h9,14H,5-8H2,1-4H3. The molecule has 0 atom stereocenters. The zero-order chi connectivity index (χ0) is 10.6. The van der Waals surface area contributed by atoms with Crippen molar-refractivity contribution >= 4 is 9.28 Å². The van der Waals surface area contributed by atoms with Gasteiger partial charge >= 0.3 is 9.28 Å². The van der Waals surface area contributed by atoms with Gasteiger partial charge in [-0.15, -0.1) is 0 Å². The maximum atomic E-state index is 6.05. The van der Waals surface area contributed by atoms with Crippen LogP contribution in [0.3, 0.4) is 0 Å². The average molecular weight is 218 g/mol. The Morgan fingerprint density at radius 3 is 1.93 bits per heavy atom. The first-order valence-electron chi connectivity index (χ1n) is 5.38. The highest BCUT2D eigenvalue weighted by molar-refractivity contribution is 6.48. The fourth-order valence-electron chi connectivity index (χ4n) is 2.38. The van der Waals surface area contributed by atoms with Crippen LogP contribution in [-0.2, 0) is 13.6 Å². The SMILES string of the molecule is CO[SiH](OC)C1(OC(C)C)CCCC1. The third kappa shape index (κ3) is 2.57. The Morgan fingerprint density at radius 1 is 1.07 bits per heavy atom. The Hall–Kier alpha value is 0.0969. The number of hydrogen-bond acceptors (Lipinski definition) is 3. The highest BCUT2D eigenvalue weighted by Crippen LogP contribution is 2.36. The summed E-state index contributed by atoms with van der Waals surface area (Å²) in [6, 6.07) is 0. The molecule has 0 aromatic carbocycles. The molecular formula is C10H22O3Si. The first-order chi connectivity index (χ1) is 6.64. The van der Waals surface area contributed by atoms with Crippen LogP contribution < -0.4 is 0 Å². The minimum atomic E-state index is -1.66.